The van der Waals surface area contributed by atoms with Crippen molar-refractivity contribution in [3.05, 3.63) is 24.3 Å². The molecule has 0 bridgehead atoms. The summed E-state index contributed by atoms with van der Waals surface area (Å²) >= 11 is 0. The van der Waals surface area contributed by atoms with Gasteiger partial charge in [0.25, 0.3) is 0 Å². The van der Waals surface area contributed by atoms with E-state index in [4.69, 9.17) is 0 Å². The second-order valence-electron chi connectivity index (χ2n) is 9.82. The van der Waals surface area contributed by atoms with Gasteiger partial charge in [-0.05, 0) is 51.4 Å². The Labute approximate surface area is 198 Å². The van der Waals surface area contributed by atoms with Gasteiger partial charge in [0.2, 0.25) is 0 Å². The Hall–Kier alpha value is -0.520. The molecule has 0 saturated heterocycles. The second-order valence-corrected chi connectivity index (χ2v) is 9.82. The number of hydrogen-bond acceptors (Lipinski definition) is 0. The van der Waals surface area contributed by atoms with Crippen molar-refractivity contribution in [2.75, 3.05) is 0 Å². The van der Waals surface area contributed by atoms with E-state index in [2.05, 4.69) is 38.2 Å². The summed E-state index contributed by atoms with van der Waals surface area (Å²) < 4.78 is 0. The molecule has 184 valence electrons. The highest BCUT2D eigenvalue weighted by Crippen LogP contribution is 2.14. The van der Waals surface area contributed by atoms with Gasteiger partial charge in [0.1, 0.15) is 0 Å². The first kappa shape index (κ1) is 30.5. The van der Waals surface area contributed by atoms with E-state index in [1.807, 2.05) is 0 Å². The summed E-state index contributed by atoms with van der Waals surface area (Å²) in [5.74, 6) is 0. The Balaban J connectivity index is 3.08. The maximum atomic E-state index is 2.44. The fourth-order valence-corrected chi connectivity index (χ4v) is 4.32. The third kappa shape index (κ3) is 29.5. The van der Waals surface area contributed by atoms with E-state index in [-0.39, 0.29) is 0 Å². The molecule has 0 atom stereocenters. The van der Waals surface area contributed by atoms with Crippen molar-refractivity contribution in [3.63, 3.8) is 0 Å². The first-order chi connectivity index (χ1) is 15.4. The highest BCUT2D eigenvalue weighted by atomic mass is 14.0. The lowest BCUT2D eigenvalue weighted by atomic mass is 10.0. The van der Waals surface area contributed by atoms with E-state index < -0.39 is 0 Å². The molecule has 0 fully saturated rings. The van der Waals surface area contributed by atoms with Crippen LogP contribution in [0.3, 0.4) is 0 Å². The van der Waals surface area contributed by atoms with Crippen LogP contribution in [-0.4, -0.2) is 0 Å². The van der Waals surface area contributed by atoms with Crippen molar-refractivity contribution in [2.45, 2.75) is 174 Å². The Morgan fingerprint density at radius 1 is 0.258 bits per heavy atom. The SMILES string of the molecule is CCCCCC/C=C/CCCCCCCCCCCCCC/C=C/CCCCCCC. The third-order valence-electron chi connectivity index (χ3n) is 6.52. The molecule has 0 unspecified atom stereocenters. The Morgan fingerprint density at radius 2 is 0.452 bits per heavy atom. The first-order valence-electron chi connectivity index (χ1n) is 14.7. The minimum Gasteiger partial charge on any atom is -0.0885 e. The zero-order valence-electron chi connectivity index (χ0n) is 22.0. The molecule has 0 aliphatic heterocycles. The standard InChI is InChI=1S/C31H60/c1-3-5-7-9-11-13-15-17-19-21-23-25-27-29-31-30-28-26-24-22-20-18-16-14-12-10-8-6-4-2/h13,15-16,18H,3-12,14,17,19-31H2,1-2H3/b15-13+,18-16+. The molecule has 0 rings (SSSR count). The predicted octanol–water partition coefficient (Wildman–Crippen LogP) is 11.9. The average Bonchev–Trinajstić information content (AvgIpc) is 2.78. The summed E-state index contributed by atoms with van der Waals surface area (Å²) in [4.78, 5) is 0. The lowest BCUT2D eigenvalue weighted by Crippen LogP contribution is -1.83. The Morgan fingerprint density at radius 3 is 0.710 bits per heavy atom. The predicted molar refractivity (Wildman–Crippen MR) is 145 cm³/mol. The van der Waals surface area contributed by atoms with Crippen molar-refractivity contribution in [3.8, 4) is 0 Å². The van der Waals surface area contributed by atoms with Crippen LogP contribution in [0.2, 0.25) is 0 Å². The molecule has 0 aromatic carbocycles. The quantitative estimate of drug-likeness (QED) is 0.0941. The van der Waals surface area contributed by atoms with Gasteiger partial charge < -0.3 is 0 Å². The molecule has 0 radical (unpaired) electrons. The fourth-order valence-electron chi connectivity index (χ4n) is 4.32. The summed E-state index contributed by atoms with van der Waals surface area (Å²) in [5, 5.41) is 0. The minimum absolute atomic E-state index is 1.30. The molecule has 0 saturated carbocycles. The largest absolute Gasteiger partial charge is 0.0885 e. The van der Waals surface area contributed by atoms with Gasteiger partial charge in [-0.2, -0.15) is 0 Å². The fraction of sp³-hybridized carbons (Fsp3) is 0.871. The maximum Gasteiger partial charge on any atom is -0.0351 e. The van der Waals surface area contributed by atoms with Crippen molar-refractivity contribution in [2.24, 2.45) is 0 Å². The summed E-state index contributed by atoms with van der Waals surface area (Å²) in [6.45, 7) is 4.58. The van der Waals surface area contributed by atoms with Gasteiger partial charge in [-0.1, -0.05) is 147 Å². The van der Waals surface area contributed by atoms with Crippen LogP contribution in [0.15, 0.2) is 24.3 Å². The van der Waals surface area contributed by atoms with Crippen molar-refractivity contribution < 1.29 is 0 Å². The first-order valence-corrected chi connectivity index (χ1v) is 14.7. The number of hydrogen-bond donors (Lipinski definition) is 0. The number of unbranched alkanes of at least 4 members (excludes halogenated alkanes) is 22. The van der Waals surface area contributed by atoms with Crippen LogP contribution < -0.4 is 0 Å². The van der Waals surface area contributed by atoms with E-state index in [0.29, 0.717) is 0 Å². The zero-order valence-corrected chi connectivity index (χ0v) is 22.0. The van der Waals surface area contributed by atoms with Crippen LogP contribution in [-0.2, 0) is 0 Å². The zero-order chi connectivity index (χ0) is 22.5. The van der Waals surface area contributed by atoms with Gasteiger partial charge in [0, 0.05) is 0 Å². The molecule has 0 N–H and O–H groups in total. The number of rotatable bonds is 26. The molecule has 0 aliphatic rings. The molecule has 31 heavy (non-hydrogen) atoms. The van der Waals surface area contributed by atoms with Gasteiger partial charge >= 0.3 is 0 Å². The molecule has 0 aromatic rings. The van der Waals surface area contributed by atoms with Gasteiger partial charge in [-0.25, -0.2) is 0 Å². The molecule has 0 aromatic heterocycles. The van der Waals surface area contributed by atoms with E-state index in [1.54, 1.807) is 0 Å². The van der Waals surface area contributed by atoms with Crippen molar-refractivity contribution in [1.82, 2.24) is 0 Å². The van der Waals surface area contributed by atoms with Gasteiger partial charge in [0.05, 0.1) is 0 Å². The van der Waals surface area contributed by atoms with E-state index in [9.17, 15) is 0 Å². The van der Waals surface area contributed by atoms with E-state index in [0.717, 1.165) is 0 Å². The van der Waals surface area contributed by atoms with Gasteiger partial charge in [-0.3, -0.25) is 0 Å². The van der Waals surface area contributed by atoms with Crippen LogP contribution in [0.5, 0.6) is 0 Å². The maximum absolute atomic E-state index is 2.44. The molecule has 0 spiro atoms. The van der Waals surface area contributed by atoms with Crippen LogP contribution in [0.25, 0.3) is 0 Å². The summed E-state index contributed by atoms with van der Waals surface area (Å²) in [6.07, 6.45) is 44.9. The van der Waals surface area contributed by atoms with Crippen molar-refractivity contribution >= 4 is 0 Å². The normalized spacial score (nSPS) is 11.9. The minimum atomic E-state index is 1.30. The summed E-state index contributed by atoms with van der Waals surface area (Å²) in [7, 11) is 0. The topological polar surface area (TPSA) is 0 Å². The van der Waals surface area contributed by atoms with Crippen LogP contribution in [0, 0.1) is 0 Å². The molecule has 0 amide bonds. The third-order valence-corrected chi connectivity index (χ3v) is 6.52. The highest BCUT2D eigenvalue weighted by molar-refractivity contribution is 4.81. The molecule has 0 heterocycles. The summed E-state index contributed by atoms with van der Waals surface area (Å²) in [6, 6.07) is 0. The smallest absolute Gasteiger partial charge is 0.0351 e. The van der Waals surface area contributed by atoms with E-state index >= 15 is 0 Å². The van der Waals surface area contributed by atoms with E-state index in [1.165, 1.54) is 161 Å². The Bertz CT molecular complexity index is 351. The molecular weight excluding hydrogens is 372 g/mol. The van der Waals surface area contributed by atoms with Crippen LogP contribution >= 0.6 is 0 Å². The Kier molecular flexibility index (Phi) is 29.0. The van der Waals surface area contributed by atoms with Crippen molar-refractivity contribution in [1.29, 1.82) is 0 Å². The lowest BCUT2D eigenvalue weighted by molar-refractivity contribution is 0.542. The molecule has 0 aliphatic carbocycles. The second kappa shape index (κ2) is 29.5. The van der Waals surface area contributed by atoms with Crippen LogP contribution in [0.1, 0.15) is 174 Å². The molecule has 0 heteroatoms. The highest BCUT2D eigenvalue weighted by Gasteiger charge is 1.94. The monoisotopic (exact) mass is 432 g/mol. The van der Waals surface area contributed by atoms with Crippen LogP contribution in [0.4, 0.5) is 0 Å². The summed E-state index contributed by atoms with van der Waals surface area (Å²) in [5.41, 5.74) is 0. The van der Waals surface area contributed by atoms with Gasteiger partial charge in [-0.15, -0.1) is 0 Å². The molecule has 0 nitrogen and oxygen atoms in total. The van der Waals surface area contributed by atoms with Gasteiger partial charge in [0.15, 0.2) is 0 Å². The lowest BCUT2D eigenvalue weighted by Gasteiger charge is -2.02. The number of allylic oxidation sites excluding steroid dienone is 4. The molecular formula is C31H60. The average molecular weight is 433 g/mol.